The van der Waals surface area contributed by atoms with Crippen molar-refractivity contribution in [3.05, 3.63) is 60.1 Å². The van der Waals surface area contributed by atoms with Gasteiger partial charge in [-0.1, -0.05) is 30.3 Å². The number of benzene rings is 1. The maximum atomic E-state index is 13.5. The van der Waals surface area contributed by atoms with E-state index in [1.807, 2.05) is 30.3 Å². The molecule has 0 spiro atoms. The Kier molecular flexibility index (Phi) is 4.99. The Hall–Kier alpha value is -2.07. The summed E-state index contributed by atoms with van der Waals surface area (Å²) >= 11 is 0. The van der Waals surface area contributed by atoms with Crippen molar-refractivity contribution in [1.29, 1.82) is 0 Å². The first-order chi connectivity index (χ1) is 14.1. The number of furan rings is 1. The van der Waals surface area contributed by atoms with Crippen molar-refractivity contribution in [2.45, 2.75) is 63.6 Å². The molecule has 4 nitrogen and oxygen atoms in total. The van der Waals surface area contributed by atoms with Crippen molar-refractivity contribution < 1.29 is 9.21 Å². The molecule has 0 aliphatic heterocycles. The summed E-state index contributed by atoms with van der Waals surface area (Å²) in [4.78, 5) is 15.7. The first-order valence-electron chi connectivity index (χ1n) is 11.2. The van der Waals surface area contributed by atoms with Crippen LogP contribution in [0.4, 0.5) is 0 Å². The topological polar surface area (TPSA) is 45.5 Å². The summed E-state index contributed by atoms with van der Waals surface area (Å²) in [6, 6.07) is 14.4. The van der Waals surface area contributed by atoms with E-state index in [1.54, 1.807) is 6.26 Å². The number of carbonyl (C=O) groups is 1. The fourth-order valence-corrected chi connectivity index (χ4v) is 6.67. The summed E-state index contributed by atoms with van der Waals surface area (Å²) in [5.74, 6) is 3.54. The third-order valence-corrected chi connectivity index (χ3v) is 7.63. The fraction of sp³-hybridized carbons (Fsp3) is 0.560. The molecule has 2 aromatic rings. The maximum Gasteiger partial charge on any atom is 0.237 e. The normalized spacial score (nSPS) is 31.0. The Bertz CT molecular complexity index is 794. The third-order valence-electron chi connectivity index (χ3n) is 7.63. The summed E-state index contributed by atoms with van der Waals surface area (Å²) < 4.78 is 5.66. The van der Waals surface area contributed by atoms with Crippen LogP contribution in [0.1, 0.15) is 62.8 Å². The van der Waals surface area contributed by atoms with Crippen LogP contribution in [0.25, 0.3) is 0 Å². The molecule has 0 radical (unpaired) electrons. The smallest absolute Gasteiger partial charge is 0.237 e. The molecule has 6 rings (SSSR count). The van der Waals surface area contributed by atoms with Crippen LogP contribution in [0.5, 0.6) is 0 Å². The van der Waals surface area contributed by atoms with Crippen LogP contribution in [-0.2, 0) is 11.3 Å². The molecule has 1 aromatic carbocycles. The van der Waals surface area contributed by atoms with Gasteiger partial charge in [-0.25, -0.2) is 0 Å². The highest BCUT2D eigenvalue weighted by Crippen LogP contribution is 2.58. The predicted octanol–water partition coefficient (Wildman–Crippen LogP) is 4.93. The van der Waals surface area contributed by atoms with E-state index >= 15 is 0 Å². The molecule has 4 bridgehead atoms. The number of nitrogens with one attached hydrogen (secondary N) is 1. The van der Waals surface area contributed by atoms with Gasteiger partial charge in [0.25, 0.3) is 0 Å². The van der Waals surface area contributed by atoms with Crippen molar-refractivity contribution >= 4 is 5.91 Å². The van der Waals surface area contributed by atoms with Gasteiger partial charge >= 0.3 is 0 Å². The average Bonchev–Trinajstić information content (AvgIpc) is 3.23. The lowest BCUT2D eigenvalue weighted by Crippen LogP contribution is -2.62. The Morgan fingerprint density at radius 3 is 2.31 bits per heavy atom. The molecule has 1 heterocycles. The van der Waals surface area contributed by atoms with E-state index in [4.69, 9.17) is 4.42 Å². The lowest BCUT2D eigenvalue weighted by atomic mass is 9.52. The summed E-state index contributed by atoms with van der Waals surface area (Å²) in [5, 5.41) is 3.47. The molecule has 0 saturated heterocycles. The number of rotatable bonds is 7. The van der Waals surface area contributed by atoms with Gasteiger partial charge in [-0.2, -0.15) is 0 Å². The van der Waals surface area contributed by atoms with Crippen LogP contribution < -0.4 is 5.32 Å². The molecular weight excluding hydrogens is 360 g/mol. The van der Waals surface area contributed by atoms with Gasteiger partial charge in [0.2, 0.25) is 5.91 Å². The van der Waals surface area contributed by atoms with Gasteiger partial charge < -0.3 is 14.6 Å². The van der Waals surface area contributed by atoms with Crippen molar-refractivity contribution in [3.63, 3.8) is 0 Å². The van der Waals surface area contributed by atoms with Crippen LogP contribution in [0.3, 0.4) is 0 Å². The van der Waals surface area contributed by atoms with Crippen molar-refractivity contribution in [3.8, 4) is 0 Å². The molecular formula is C25H32N2O2. The maximum absolute atomic E-state index is 13.5. The minimum atomic E-state index is 0.0380. The summed E-state index contributed by atoms with van der Waals surface area (Å²) in [5.41, 5.74) is 1.25. The molecule has 1 atom stereocenters. The van der Waals surface area contributed by atoms with E-state index in [2.05, 4.69) is 29.3 Å². The van der Waals surface area contributed by atoms with Gasteiger partial charge in [-0.3, -0.25) is 4.79 Å². The van der Waals surface area contributed by atoms with E-state index in [0.717, 1.165) is 23.5 Å². The molecule has 4 aliphatic rings. The second-order valence-corrected chi connectivity index (χ2v) is 9.71. The highest BCUT2D eigenvalue weighted by molar-refractivity contribution is 5.79. The summed E-state index contributed by atoms with van der Waals surface area (Å²) in [6.07, 6.45) is 9.40. The lowest BCUT2D eigenvalue weighted by Gasteiger charge is -2.60. The van der Waals surface area contributed by atoms with Crippen molar-refractivity contribution in [1.82, 2.24) is 10.2 Å². The van der Waals surface area contributed by atoms with Gasteiger partial charge in [-0.15, -0.1) is 0 Å². The Morgan fingerprint density at radius 1 is 1.07 bits per heavy atom. The van der Waals surface area contributed by atoms with Gasteiger partial charge in [-0.05, 0) is 80.9 Å². The second-order valence-electron chi connectivity index (χ2n) is 9.71. The minimum absolute atomic E-state index is 0.0380. The van der Waals surface area contributed by atoms with Crippen LogP contribution in [-0.4, -0.2) is 22.9 Å². The molecule has 154 valence electrons. The Balaban J connectivity index is 1.34. The van der Waals surface area contributed by atoms with Gasteiger partial charge in [0.1, 0.15) is 5.76 Å². The molecule has 0 unspecified atom stereocenters. The predicted molar refractivity (Wildman–Crippen MR) is 113 cm³/mol. The molecule has 4 saturated carbocycles. The largest absolute Gasteiger partial charge is 0.467 e. The van der Waals surface area contributed by atoms with Crippen molar-refractivity contribution in [2.24, 2.45) is 17.8 Å². The van der Waals surface area contributed by atoms with E-state index in [-0.39, 0.29) is 17.5 Å². The van der Waals surface area contributed by atoms with Gasteiger partial charge in [0, 0.05) is 11.6 Å². The molecule has 29 heavy (non-hydrogen) atoms. The van der Waals surface area contributed by atoms with E-state index in [0.29, 0.717) is 13.1 Å². The molecule has 4 heteroatoms. The molecule has 1 aromatic heterocycles. The fourth-order valence-electron chi connectivity index (χ4n) is 6.67. The van der Waals surface area contributed by atoms with E-state index in [1.165, 1.54) is 44.1 Å². The monoisotopic (exact) mass is 392 g/mol. The second kappa shape index (κ2) is 7.64. The van der Waals surface area contributed by atoms with E-state index in [9.17, 15) is 4.79 Å². The van der Waals surface area contributed by atoms with Crippen molar-refractivity contribution in [2.75, 3.05) is 6.54 Å². The van der Waals surface area contributed by atoms with Crippen LogP contribution in [0, 0.1) is 17.8 Å². The number of nitrogens with zero attached hydrogens (tertiary/aromatic N) is 1. The standard InChI is InChI=1S/C25H32N2O2/c1-18(22-6-3-2-4-7-22)26-16-24(28)27(17-23-8-5-9-29-23)25-13-19-10-20(14-25)12-21(11-19)15-25/h2-9,18-21,26H,10-17H2,1H3/t18-,19?,20?,21?,25?/m0/s1. The van der Waals surface area contributed by atoms with Crippen LogP contribution >= 0.6 is 0 Å². The third kappa shape index (κ3) is 3.75. The highest BCUT2D eigenvalue weighted by atomic mass is 16.3. The number of hydrogen-bond donors (Lipinski definition) is 1. The SMILES string of the molecule is C[C@H](NCC(=O)N(Cc1ccco1)C12CC3CC(CC(C3)C1)C2)c1ccccc1. The first kappa shape index (κ1) is 18.9. The van der Waals surface area contributed by atoms with Crippen LogP contribution in [0.15, 0.2) is 53.1 Å². The zero-order valence-corrected chi connectivity index (χ0v) is 17.3. The molecule has 4 aliphatic carbocycles. The number of hydrogen-bond acceptors (Lipinski definition) is 3. The Labute approximate surface area is 173 Å². The molecule has 1 N–H and O–H groups in total. The summed E-state index contributed by atoms with van der Waals surface area (Å²) in [6.45, 7) is 3.10. The zero-order valence-electron chi connectivity index (χ0n) is 17.3. The zero-order chi connectivity index (χ0) is 19.8. The Morgan fingerprint density at radius 2 is 1.72 bits per heavy atom. The molecule has 1 amide bonds. The average molecular weight is 393 g/mol. The van der Waals surface area contributed by atoms with Gasteiger partial charge in [0.05, 0.1) is 19.4 Å². The van der Waals surface area contributed by atoms with Gasteiger partial charge in [0.15, 0.2) is 0 Å². The van der Waals surface area contributed by atoms with E-state index < -0.39 is 0 Å². The molecule has 4 fully saturated rings. The number of carbonyl (C=O) groups excluding carboxylic acids is 1. The first-order valence-corrected chi connectivity index (χ1v) is 11.2. The lowest BCUT2D eigenvalue weighted by molar-refractivity contribution is -0.152. The quantitative estimate of drug-likeness (QED) is 0.727. The van der Waals surface area contributed by atoms with Crippen LogP contribution in [0.2, 0.25) is 0 Å². The highest BCUT2D eigenvalue weighted by Gasteiger charge is 2.54. The summed E-state index contributed by atoms with van der Waals surface area (Å²) in [7, 11) is 0. The minimum Gasteiger partial charge on any atom is -0.467 e. The number of amides is 1.